The fourth-order valence-electron chi connectivity index (χ4n) is 0.955. The van der Waals surface area contributed by atoms with Crippen molar-refractivity contribution in [3.8, 4) is 0 Å². The lowest BCUT2D eigenvalue weighted by molar-refractivity contribution is -0.140. The summed E-state index contributed by atoms with van der Waals surface area (Å²) in [6.45, 7) is 5.35. The second-order valence-corrected chi connectivity index (χ2v) is 2.63. The van der Waals surface area contributed by atoms with E-state index in [-0.39, 0.29) is 0 Å². The zero-order valence-electron chi connectivity index (χ0n) is 6.60. The zero-order chi connectivity index (χ0) is 8.97. The van der Waals surface area contributed by atoms with Crippen LogP contribution in [0.4, 0.5) is 0 Å². The molecule has 1 atom stereocenters. The fourth-order valence-corrected chi connectivity index (χ4v) is 0.955. The van der Waals surface area contributed by atoms with Gasteiger partial charge in [0.25, 0.3) is 0 Å². The van der Waals surface area contributed by atoms with Crippen LogP contribution in [0.1, 0.15) is 5.56 Å². The van der Waals surface area contributed by atoms with E-state index >= 15 is 0 Å². The van der Waals surface area contributed by atoms with E-state index in [2.05, 4.69) is 0 Å². The number of carbonyl (C=O) groups is 1. The lowest BCUT2D eigenvalue weighted by Crippen LogP contribution is -2.12. The van der Waals surface area contributed by atoms with Crippen molar-refractivity contribution in [2.75, 3.05) is 0 Å². The molecule has 2 nitrogen and oxygen atoms in total. The summed E-state index contributed by atoms with van der Waals surface area (Å²) in [5.74, 6) is -1.76. The predicted molar refractivity (Wildman–Crippen MR) is 45.6 cm³/mol. The van der Waals surface area contributed by atoms with Gasteiger partial charge in [0.05, 0.1) is 5.92 Å². The van der Waals surface area contributed by atoms with E-state index in [9.17, 15) is 4.79 Å². The summed E-state index contributed by atoms with van der Waals surface area (Å²) in [4.78, 5) is 10.4. The molecule has 0 aliphatic rings. The Morgan fingerprint density at radius 3 is 2.50 bits per heavy atom. The van der Waals surface area contributed by atoms with E-state index in [1.165, 1.54) is 0 Å². The molecule has 0 aliphatic carbocycles. The van der Waals surface area contributed by atoms with Crippen molar-refractivity contribution >= 4 is 5.97 Å². The number of hydrogen-bond donors (Lipinski definition) is 1. The summed E-state index contributed by atoms with van der Waals surface area (Å²) in [7, 11) is 0. The molecular weight excluding hydrogens is 152 g/mol. The Morgan fingerprint density at radius 1 is 1.42 bits per heavy atom. The first kappa shape index (κ1) is 8.78. The van der Waals surface area contributed by atoms with Gasteiger partial charge in [0, 0.05) is 0 Å². The Balaban J connectivity index is 2.58. The molecule has 2 heteroatoms. The number of benzene rings is 1. The molecule has 0 unspecified atom stereocenters. The van der Waals surface area contributed by atoms with E-state index in [0.29, 0.717) is 6.42 Å². The highest BCUT2D eigenvalue weighted by molar-refractivity contribution is 5.71. The fraction of sp³-hybridized carbons (Fsp3) is 0.200. The van der Waals surface area contributed by atoms with Crippen LogP contribution < -0.4 is 0 Å². The molecule has 62 valence electrons. The molecule has 0 fully saturated rings. The third kappa shape index (κ3) is 2.38. The molecule has 1 aromatic rings. The lowest BCUT2D eigenvalue weighted by Gasteiger charge is -2.04. The highest BCUT2D eigenvalue weighted by atomic mass is 16.4. The average molecular weight is 162 g/mol. The van der Waals surface area contributed by atoms with Crippen molar-refractivity contribution in [1.29, 1.82) is 0 Å². The van der Waals surface area contributed by atoms with Gasteiger partial charge in [-0.3, -0.25) is 4.79 Å². The van der Waals surface area contributed by atoms with Gasteiger partial charge in [-0.25, -0.2) is 0 Å². The van der Waals surface area contributed by atoms with Crippen LogP contribution in [0.2, 0.25) is 0 Å². The molecule has 0 saturated heterocycles. The van der Waals surface area contributed by atoms with Crippen molar-refractivity contribution < 1.29 is 9.90 Å². The van der Waals surface area contributed by atoms with Gasteiger partial charge in [-0.2, -0.15) is 0 Å². The molecule has 1 aromatic carbocycles. The minimum atomic E-state index is -0.959. The Morgan fingerprint density at radius 2 is 2.00 bits per heavy atom. The first-order chi connectivity index (χ1) is 5.70. The van der Waals surface area contributed by atoms with Crippen molar-refractivity contribution in [2.45, 2.75) is 6.42 Å². The van der Waals surface area contributed by atoms with Crippen LogP contribution in [0.3, 0.4) is 0 Å². The summed E-state index contributed by atoms with van der Waals surface area (Å²) >= 11 is 0. The molecule has 2 radical (unpaired) electrons. The maximum Gasteiger partial charge on any atom is 0.307 e. The SMILES string of the molecule is [CH][C@@H](Cc1ccccc1)C(=O)O. The molecule has 1 N–H and O–H groups in total. The van der Waals surface area contributed by atoms with Crippen LogP contribution in [0.15, 0.2) is 30.3 Å². The van der Waals surface area contributed by atoms with E-state index in [4.69, 9.17) is 12.0 Å². The largest absolute Gasteiger partial charge is 0.481 e. The van der Waals surface area contributed by atoms with E-state index in [1.807, 2.05) is 30.3 Å². The Bertz CT molecular complexity index is 254. The molecule has 0 aliphatic heterocycles. The van der Waals surface area contributed by atoms with Crippen molar-refractivity contribution in [3.05, 3.63) is 42.8 Å². The topological polar surface area (TPSA) is 37.3 Å². The smallest absolute Gasteiger partial charge is 0.307 e. The average Bonchev–Trinajstić information content (AvgIpc) is 2.06. The molecule has 0 heterocycles. The number of rotatable bonds is 3. The standard InChI is InChI=1S/C10H10O2/c1-8(10(11)12)7-9-5-3-2-4-6-9/h1-6,8H,7H2,(H,11,12)/t8-/m0/s1. The van der Waals surface area contributed by atoms with Crippen LogP contribution in [0.5, 0.6) is 0 Å². The van der Waals surface area contributed by atoms with Gasteiger partial charge in [0.2, 0.25) is 0 Å². The molecule has 0 amide bonds. The maximum atomic E-state index is 10.4. The van der Waals surface area contributed by atoms with Crippen molar-refractivity contribution in [2.24, 2.45) is 5.92 Å². The summed E-state index contributed by atoms with van der Waals surface area (Å²) in [5.41, 5.74) is 0.951. The second-order valence-electron chi connectivity index (χ2n) is 2.63. The van der Waals surface area contributed by atoms with Crippen molar-refractivity contribution in [1.82, 2.24) is 0 Å². The summed E-state index contributed by atoms with van der Waals surface area (Å²) in [5, 5.41) is 8.52. The van der Waals surface area contributed by atoms with Crippen LogP contribution >= 0.6 is 0 Å². The highest BCUT2D eigenvalue weighted by Crippen LogP contribution is 2.07. The minimum absolute atomic E-state index is 0.385. The van der Waals surface area contributed by atoms with E-state index in [1.54, 1.807) is 0 Å². The Hall–Kier alpha value is -1.31. The molecule has 0 spiro atoms. The second kappa shape index (κ2) is 3.90. The molecule has 0 aromatic heterocycles. The number of hydrogen-bond acceptors (Lipinski definition) is 1. The molecular formula is C10H10O2. The molecule has 0 saturated carbocycles. The quantitative estimate of drug-likeness (QED) is 0.733. The van der Waals surface area contributed by atoms with E-state index < -0.39 is 11.9 Å². The predicted octanol–water partition coefficient (Wildman–Crippen LogP) is 1.64. The zero-order valence-corrected chi connectivity index (χ0v) is 6.60. The number of carboxylic acids is 1. The first-order valence-corrected chi connectivity index (χ1v) is 3.72. The Labute approximate surface area is 71.8 Å². The van der Waals surface area contributed by atoms with Crippen molar-refractivity contribution in [3.63, 3.8) is 0 Å². The van der Waals surface area contributed by atoms with Gasteiger partial charge in [-0.05, 0) is 18.9 Å². The maximum absolute atomic E-state index is 10.4. The van der Waals surface area contributed by atoms with Gasteiger partial charge >= 0.3 is 5.97 Å². The molecule has 0 bridgehead atoms. The van der Waals surface area contributed by atoms with Gasteiger partial charge in [-0.15, -0.1) is 0 Å². The molecule has 1 rings (SSSR count). The Kier molecular flexibility index (Phi) is 2.86. The van der Waals surface area contributed by atoms with Crippen LogP contribution in [0, 0.1) is 12.8 Å². The monoisotopic (exact) mass is 162 g/mol. The third-order valence-corrected chi connectivity index (χ3v) is 1.62. The summed E-state index contributed by atoms with van der Waals surface area (Å²) in [6.07, 6.45) is 0.385. The molecule has 12 heavy (non-hydrogen) atoms. The van der Waals surface area contributed by atoms with Crippen LogP contribution in [-0.2, 0) is 11.2 Å². The first-order valence-electron chi connectivity index (χ1n) is 3.72. The highest BCUT2D eigenvalue weighted by Gasteiger charge is 2.10. The normalized spacial score (nSPS) is 12.4. The van der Waals surface area contributed by atoms with Crippen LogP contribution in [0.25, 0.3) is 0 Å². The third-order valence-electron chi connectivity index (χ3n) is 1.62. The van der Waals surface area contributed by atoms with Gasteiger partial charge in [0.15, 0.2) is 0 Å². The van der Waals surface area contributed by atoms with Gasteiger partial charge < -0.3 is 5.11 Å². The minimum Gasteiger partial charge on any atom is -0.481 e. The van der Waals surface area contributed by atoms with E-state index in [0.717, 1.165) is 5.56 Å². The summed E-state index contributed by atoms with van der Waals surface area (Å²) in [6, 6.07) is 9.34. The van der Waals surface area contributed by atoms with Crippen LogP contribution in [-0.4, -0.2) is 11.1 Å². The summed E-state index contributed by atoms with van der Waals surface area (Å²) < 4.78 is 0. The van der Waals surface area contributed by atoms with Gasteiger partial charge in [0.1, 0.15) is 0 Å². The lowest BCUT2D eigenvalue weighted by atomic mass is 10.0. The number of aliphatic carboxylic acids is 1. The van der Waals surface area contributed by atoms with Gasteiger partial charge in [-0.1, -0.05) is 30.3 Å². The number of carboxylic acid groups (broad SMARTS) is 1.